The smallest absolute Gasteiger partial charge is 0.313 e. The maximum Gasteiger partial charge on any atom is 0.313 e. The Morgan fingerprint density at radius 1 is 0.325 bits per heavy atom. The van der Waals surface area contributed by atoms with Gasteiger partial charge in [-0.15, -0.1) is 0 Å². The van der Waals surface area contributed by atoms with E-state index in [-0.39, 0.29) is 11.9 Å². The van der Waals surface area contributed by atoms with Crippen LogP contribution >= 0.6 is 0 Å². The SMILES string of the molecule is CCCCCCCCCCCCCCCCCC(=O)OC(=O)CCCCCCCCCCC(=O)CCCCCC. The van der Waals surface area contributed by atoms with Crippen LogP contribution in [-0.4, -0.2) is 17.7 Å². The Morgan fingerprint density at radius 3 is 0.850 bits per heavy atom. The number of ether oxygens (including phenoxy) is 1. The number of carbonyl (C=O) groups is 3. The van der Waals surface area contributed by atoms with Gasteiger partial charge in [0.15, 0.2) is 0 Å². The van der Waals surface area contributed by atoms with Gasteiger partial charge in [0.25, 0.3) is 0 Å². The van der Waals surface area contributed by atoms with Crippen LogP contribution in [0.3, 0.4) is 0 Å². The first-order chi connectivity index (χ1) is 19.6. The molecule has 0 aromatic rings. The second-order valence-electron chi connectivity index (χ2n) is 12.2. The van der Waals surface area contributed by atoms with Crippen molar-refractivity contribution in [1.82, 2.24) is 0 Å². The number of unbranched alkanes of at least 4 members (excludes halogenated alkanes) is 24. The number of esters is 2. The molecule has 0 aliphatic carbocycles. The second kappa shape index (κ2) is 32.3. The highest BCUT2D eigenvalue weighted by Crippen LogP contribution is 2.15. The molecule has 0 N–H and O–H groups in total. The van der Waals surface area contributed by atoms with Crippen molar-refractivity contribution >= 4 is 17.7 Å². The maximum atomic E-state index is 11.9. The van der Waals surface area contributed by atoms with Crippen molar-refractivity contribution < 1.29 is 19.1 Å². The summed E-state index contributed by atoms with van der Waals surface area (Å²) >= 11 is 0. The van der Waals surface area contributed by atoms with Crippen molar-refractivity contribution in [2.75, 3.05) is 0 Å². The summed E-state index contributed by atoms with van der Waals surface area (Å²) in [6.07, 6.45) is 35.2. The molecule has 0 amide bonds. The maximum absolute atomic E-state index is 11.9. The van der Waals surface area contributed by atoms with Gasteiger partial charge in [0, 0.05) is 25.7 Å². The molecule has 0 saturated carbocycles. The molecule has 4 heteroatoms. The Kier molecular flexibility index (Phi) is 31.4. The molecule has 0 spiro atoms. The molecule has 40 heavy (non-hydrogen) atoms. The van der Waals surface area contributed by atoms with Gasteiger partial charge in [-0.05, 0) is 25.7 Å². The lowest BCUT2D eigenvalue weighted by atomic mass is 10.0. The summed E-state index contributed by atoms with van der Waals surface area (Å²) in [5.41, 5.74) is 0. The average molecular weight is 565 g/mol. The van der Waals surface area contributed by atoms with Gasteiger partial charge < -0.3 is 4.74 Å². The van der Waals surface area contributed by atoms with Crippen LogP contribution in [0.15, 0.2) is 0 Å². The molecule has 0 rings (SSSR count). The lowest BCUT2D eigenvalue weighted by Crippen LogP contribution is -2.11. The van der Waals surface area contributed by atoms with Crippen molar-refractivity contribution in [2.24, 2.45) is 0 Å². The van der Waals surface area contributed by atoms with Crippen molar-refractivity contribution in [3.63, 3.8) is 0 Å². The van der Waals surface area contributed by atoms with Gasteiger partial charge in [-0.25, -0.2) is 0 Å². The molecule has 4 nitrogen and oxygen atoms in total. The number of ketones is 1. The Balaban J connectivity index is 3.34. The van der Waals surface area contributed by atoms with Crippen LogP contribution < -0.4 is 0 Å². The van der Waals surface area contributed by atoms with Crippen LogP contribution in [0.25, 0.3) is 0 Å². The predicted molar refractivity (Wildman–Crippen MR) is 171 cm³/mol. The quantitative estimate of drug-likeness (QED) is 0.0463. The molecule has 0 radical (unpaired) electrons. The Morgan fingerprint density at radius 2 is 0.550 bits per heavy atom. The molecular weight excluding hydrogens is 496 g/mol. The highest BCUT2D eigenvalue weighted by Gasteiger charge is 2.10. The summed E-state index contributed by atoms with van der Waals surface area (Å²) in [7, 11) is 0. The first-order valence-corrected chi connectivity index (χ1v) is 17.8. The zero-order valence-corrected chi connectivity index (χ0v) is 27.1. The van der Waals surface area contributed by atoms with E-state index in [2.05, 4.69) is 13.8 Å². The first-order valence-electron chi connectivity index (χ1n) is 17.8. The van der Waals surface area contributed by atoms with Gasteiger partial charge in [0.05, 0.1) is 0 Å². The molecule has 0 atom stereocenters. The normalized spacial score (nSPS) is 11.2. The van der Waals surface area contributed by atoms with E-state index in [4.69, 9.17) is 4.74 Å². The van der Waals surface area contributed by atoms with E-state index in [9.17, 15) is 14.4 Å². The third-order valence-corrected chi connectivity index (χ3v) is 8.11. The zero-order chi connectivity index (χ0) is 29.4. The fourth-order valence-electron chi connectivity index (χ4n) is 5.40. The predicted octanol–water partition coefficient (Wildman–Crippen LogP) is 11.8. The fraction of sp³-hybridized carbons (Fsp3) is 0.917. The molecular formula is C36H68O4. The summed E-state index contributed by atoms with van der Waals surface area (Å²) in [6, 6.07) is 0. The van der Waals surface area contributed by atoms with Gasteiger partial charge in [-0.3, -0.25) is 14.4 Å². The zero-order valence-electron chi connectivity index (χ0n) is 27.1. The topological polar surface area (TPSA) is 60.4 Å². The van der Waals surface area contributed by atoms with Crippen LogP contribution in [0.1, 0.15) is 213 Å². The molecule has 236 valence electrons. The van der Waals surface area contributed by atoms with Gasteiger partial charge in [-0.2, -0.15) is 0 Å². The summed E-state index contributed by atoms with van der Waals surface area (Å²) in [5.74, 6) is -0.263. The standard InChI is InChI=1S/C36H68O4/c1-3-5-7-9-10-11-12-13-14-15-16-17-21-24-28-32-35(38)40-36(39)33-29-25-22-19-18-20-23-27-31-34(37)30-26-8-6-4-2/h3-33H2,1-2H3. The summed E-state index contributed by atoms with van der Waals surface area (Å²) in [4.78, 5) is 35.6. The highest BCUT2D eigenvalue weighted by molar-refractivity contribution is 5.85. The summed E-state index contributed by atoms with van der Waals surface area (Å²) in [5, 5.41) is 0. The van der Waals surface area contributed by atoms with Crippen molar-refractivity contribution in [3.8, 4) is 0 Å². The van der Waals surface area contributed by atoms with E-state index >= 15 is 0 Å². The van der Waals surface area contributed by atoms with E-state index in [0.29, 0.717) is 18.6 Å². The molecule has 0 aliphatic heterocycles. The minimum Gasteiger partial charge on any atom is -0.393 e. The Bertz CT molecular complexity index is 571. The number of rotatable bonds is 32. The van der Waals surface area contributed by atoms with Crippen LogP contribution in [0.4, 0.5) is 0 Å². The van der Waals surface area contributed by atoms with Crippen LogP contribution in [-0.2, 0) is 19.1 Å². The number of hydrogen-bond acceptors (Lipinski definition) is 4. The van der Waals surface area contributed by atoms with Crippen molar-refractivity contribution in [1.29, 1.82) is 0 Å². The molecule has 0 unspecified atom stereocenters. The van der Waals surface area contributed by atoms with Gasteiger partial charge in [0.2, 0.25) is 0 Å². The number of Topliss-reactive ketones (excluding diaryl/α,β-unsaturated/α-hetero) is 1. The summed E-state index contributed by atoms with van der Waals surface area (Å²) < 4.78 is 4.99. The molecule has 0 aromatic heterocycles. The van der Waals surface area contributed by atoms with Crippen LogP contribution in [0.2, 0.25) is 0 Å². The molecule has 0 heterocycles. The lowest BCUT2D eigenvalue weighted by Gasteiger charge is -2.05. The minimum absolute atomic E-state index is 0.348. The van der Waals surface area contributed by atoms with E-state index < -0.39 is 0 Å². The van der Waals surface area contributed by atoms with Gasteiger partial charge >= 0.3 is 11.9 Å². The molecule has 0 bridgehead atoms. The van der Waals surface area contributed by atoms with Crippen molar-refractivity contribution in [3.05, 3.63) is 0 Å². The largest absolute Gasteiger partial charge is 0.393 e. The van der Waals surface area contributed by atoms with E-state index in [1.54, 1.807) is 0 Å². The molecule has 0 aromatic carbocycles. The fourth-order valence-corrected chi connectivity index (χ4v) is 5.40. The van der Waals surface area contributed by atoms with E-state index in [1.807, 2.05) is 0 Å². The Hall–Kier alpha value is -1.19. The van der Waals surface area contributed by atoms with Crippen LogP contribution in [0, 0.1) is 0 Å². The van der Waals surface area contributed by atoms with E-state index in [1.165, 1.54) is 122 Å². The molecule has 0 aliphatic rings. The van der Waals surface area contributed by atoms with Gasteiger partial charge in [-0.1, -0.05) is 162 Å². The minimum atomic E-state index is -0.356. The van der Waals surface area contributed by atoms with Crippen LogP contribution in [0.5, 0.6) is 0 Å². The first kappa shape index (κ1) is 38.8. The Labute approximate surface area is 249 Å². The third kappa shape index (κ3) is 31.3. The van der Waals surface area contributed by atoms with Crippen molar-refractivity contribution in [2.45, 2.75) is 213 Å². The highest BCUT2D eigenvalue weighted by atomic mass is 16.6. The average Bonchev–Trinajstić information content (AvgIpc) is 2.94. The molecule has 0 saturated heterocycles. The monoisotopic (exact) mass is 565 g/mol. The number of hydrogen-bond donors (Lipinski definition) is 0. The second-order valence-corrected chi connectivity index (χ2v) is 12.2. The number of carbonyl (C=O) groups excluding carboxylic acids is 3. The van der Waals surface area contributed by atoms with Gasteiger partial charge in [0.1, 0.15) is 5.78 Å². The summed E-state index contributed by atoms with van der Waals surface area (Å²) in [6.45, 7) is 4.47. The lowest BCUT2D eigenvalue weighted by molar-refractivity contribution is -0.159. The van der Waals surface area contributed by atoms with E-state index in [0.717, 1.165) is 64.2 Å². The molecule has 0 fully saturated rings. The third-order valence-electron chi connectivity index (χ3n) is 8.11.